The van der Waals surface area contributed by atoms with Crippen LogP contribution in [0.25, 0.3) is 0 Å². The zero-order valence-electron chi connectivity index (χ0n) is 35.0. The van der Waals surface area contributed by atoms with Gasteiger partial charge in [0.05, 0.1) is 23.7 Å². The van der Waals surface area contributed by atoms with Crippen LogP contribution in [0.15, 0.2) is 97.1 Å². The van der Waals surface area contributed by atoms with Crippen LogP contribution in [-0.4, -0.2) is 56.7 Å². The normalized spacial score (nSPS) is 28.5. The number of imide groups is 2. The summed E-state index contributed by atoms with van der Waals surface area (Å²) < 4.78 is 0. The number of carbonyl (C=O) groups excluding carboxylic acids is 4. The number of fused-ring (bicyclic) bond motifs is 7. The molecular formula is C52H58N2O6. The zero-order valence-corrected chi connectivity index (χ0v) is 35.0. The van der Waals surface area contributed by atoms with Gasteiger partial charge in [0.15, 0.2) is 0 Å². The number of rotatable bonds is 16. The molecule has 4 aromatic carbocycles. The SMILES string of the molecule is CCCCCCCCN1C(=O)C2C3c4ccccc4C4c5c(ccc(c53)C(O)(c3ccccc3)C2C1=O)C(O)(c1ccccc1)C1C(=O)N(CCCCCCCC)C(=O)C41. The molecule has 9 rings (SSSR count). The van der Waals surface area contributed by atoms with Gasteiger partial charge in [-0.3, -0.25) is 29.0 Å². The van der Waals surface area contributed by atoms with Crippen molar-refractivity contribution in [3.05, 3.63) is 142 Å². The molecule has 60 heavy (non-hydrogen) atoms. The first-order valence-electron chi connectivity index (χ1n) is 22.7. The fourth-order valence-electron chi connectivity index (χ4n) is 12.1. The van der Waals surface area contributed by atoms with Gasteiger partial charge < -0.3 is 10.2 Å². The summed E-state index contributed by atoms with van der Waals surface area (Å²) >= 11 is 0. The maximum absolute atomic E-state index is 15.1. The fraction of sp³-hybridized carbons (Fsp3) is 0.462. The van der Waals surface area contributed by atoms with Crippen molar-refractivity contribution < 1.29 is 29.4 Å². The molecule has 2 saturated heterocycles. The second-order valence-corrected chi connectivity index (χ2v) is 18.0. The van der Waals surface area contributed by atoms with Crippen LogP contribution in [0.1, 0.15) is 147 Å². The van der Waals surface area contributed by atoms with Gasteiger partial charge >= 0.3 is 0 Å². The molecule has 2 aliphatic heterocycles. The number of likely N-dealkylation sites (tertiary alicyclic amines) is 2. The third-order valence-electron chi connectivity index (χ3n) is 14.8. The van der Waals surface area contributed by atoms with Crippen LogP contribution in [0.4, 0.5) is 0 Å². The Kier molecular flexibility index (Phi) is 10.9. The molecule has 3 aliphatic carbocycles. The summed E-state index contributed by atoms with van der Waals surface area (Å²) in [6, 6.07) is 29.9. The maximum Gasteiger partial charge on any atom is 0.236 e. The molecule has 2 N–H and O–H groups in total. The van der Waals surface area contributed by atoms with Crippen molar-refractivity contribution in [2.75, 3.05) is 13.1 Å². The van der Waals surface area contributed by atoms with Gasteiger partial charge in [0.1, 0.15) is 11.2 Å². The largest absolute Gasteiger partial charge is 0.380 e. The number of nitrogens with zero attached hydrogens (tertiary/aromatic N) is 2. The van der Waals surface area contributed by atoms with Crippen molar-refractivity contribution in [1.82, 2.24) is 9.80 Å². The van der Waals surface area contributed by atoms with Crippen LogP contribution in [-0.2, 0) is 30.4 Å². The van der Waals surface area contributed by atoms with E-state index in [-0.39, 0.29) is 36.7 Å². The standard InChI is InChI=1S/C52H58N2O6/c1-3-5-7-9-11-21-31-53-47(55)43-39-35-27-19-20-28-36(35)40-42-38(30-29-37(41(39)42)51(59,45(43)49(53)57)33-23-15-13-16-24-33)52(60,34-25-17-14-18-26-34)46-44(40)48(56)54(50(46)58)32-22-12-10-8-6-4-2/h13-20,23-30,39-40,43-46,59-60H,3-12,21-22,31-32H2,1-2H3. The molecular weight excluding hydrogens is 749 g/mol. The van der Waals surface area contributed by atoms with E-state index in [1.54, 1.807) is 0 Å². The number of carbonyl (C=O) groups is 4. The lowest BCUT2D eigenvalue weighted by Gasteiger charge is -2.53. The number of unbranched alkanes of at least 4 members (excludes halogenated alkanes) is 10. The predicted octanol–water partition coefficient (Wildman–Crippen LogP) is 8.69. The molecule has 0 spiro atoms. The number of hydrogen-bond donors (Lipinski definition) is 2. The molecule has 8 unspecified atom stereocenters. The summed E-state index contributed by atoms with van der Waals surface area (Å²) in [6.45, 7) is 4.93. The Bertz CT molecular complexity index is 2130. The summed E-state index contributed by atoms with van der Waals surface area (Å²) in [7, 11) is 0. The summed E-state index contributed by atoms with van der Waals surface area (Å²) in [5.41, 5.74) is 1.29. The third-order valence-corrected chi connectivity index (χ3v) is 14.8. The third kappa shape index (κ3) is 5.99. The van der Waals surface area contributed by atoms with E-state index >= 15 is 9.59 Å². The van der Waals surface area contributed by atoms with Crippen molar-refractivity contribution in [2.24, 2.45) is 23.7 Å². The van der Waals surface area contributed by atoms with E-state index in [0.717, 1.165) is 75.3 Å². The van der Waals surface area contributed by atoms with Gasteiger partial charge in [0, 0.05) is 24.9 Å². The monoisotopic (exact) mass is 806 g/mol. The predicted molar refractivity (Wildman–Crippen MR) is 230 cm³/mol. The fourth-order valence-corrected chi connectivity index (χ4v) is 12.1. The molecule has 8 atom stereocenters. The Hall–Kier alpha value is -4.92. The smallest absolute Gasteiger partial charge is 0.236 e. The molecule has 8 nitrogen and oxygen atoms in total. The molecule has 0 radical (unpaired) electrons. The average molecular weight is 807 g/mol. The van der Waals surface area contributed by atoms with Crippen molar-refractivity contribution in [3.63, 3.8) is 0 Å². The van der Waals surface area contributed by atoms with Crippen LogP contribution in [0.3, 0.4) is 0 Å². The van der Waals surface area contributed by atoms with Crippen molar-refractivity contribution in [1.29, 1.82) is 0 Å². The van der Waals surface area contributed by atoms with E-state index in [1.165, 1.54) is 9.80 Å². The minimum absolute atomic E-state index is 0.287. The molecule has 8 heteroatoms. The van der Waals surface area contributed by atoms with Crippen molar-refractivity contribution >= 4 is 23.6 Å². The van der Waals surface area contributed by atoms with Crippen LogP contribution >= 0.6 is 0 Å². The van der Waals surface area contributed by atoms with Crippen LogP contribution in [0.5, 0.6) is 0 Å². The lowest BCUT2D eigenvalue weighted by atomic mass is 9.49. The Morgan fingerprint density at radius 1 is 0.450 bits per heavy atom. The van der Waals surface area contributed by atoms with Crippen LogP contribution in [0, 0.1) is 23.7 Å². The van der Waals surface area contributed by atoms with E-state index in [0.29, 0.717) is 46.2 Å². The second-order valence-electron chi connectivity index (χ2n) is 18.0. The number of amides is 4. The number of hydrogen-bond acceptors (Lipinski definition) is 6. The molecule has 2 heterocycles. The lowest BCUT2D eigenvalue weighted by molar-refractivity contribution is -0.143. The summed E-state index contributed by atoms with van der Waals surface area (Å²) in [5, 5.41) is 27.1. The Balaban J connectivity index is 1.24. The summed E-state index contributed by atoms with van der Waals surface area (Å²) in [5.74, 6) is -6.65. The lowest BCUT2D eigenvalue weighted by Crippen LogP contribution is -2.54. The quantitative estimate of drug-likeness (QED) is 0.0866. The Labute approximate surface area is 354 Å². The maximum atomic E-state index is 15.1. The first kappa shape index (κ1) is 40.5. The van der Waals surface area contributed by atoms with Crippen molar-refractivity contribution in [3.8, 4) is 0 Å². The topological polar surface area (TPSA) is 115 Å². The average Bonchev–Trinajstić information content (AvgIpc) is 3.68. The molecule has 4 aromatic rings. The van der Waals surface area contributed by atoms with Crippen LogP contribution in [0.2, 0.25) is 0 Å². The summed E-state index contributed by atoms with van der Waals surface area (Å²) in [6.07, 6.45) is 12.0. The molecule has 2 fully saturated rings. The van der Waals surface area contributed by atoms with Gasteiger partial charge in [-0.2, -0.15) is 0 Å². The Morgan fingerprint density at radius 3 is 1.18 bits per heavy atom. The molecule has 5 aliphatic rings. The Morgan fingerprint density at radius 2 is 0.800 bits per heavy atom. The first-order chi connectivity index (χ1) is 29.2. The number of benzene rings is 4. The highest BCUT2D eigenvalue weighted by Crippen LogP contribution is 2.67. The van der Waals surface area contributed by atoms with Crippen LogP contribution < -0.4 is 0 Å². The molecule has 312 valence electrons. The van der Waals surface area contributed by atoms with E-state index in [1.807, 2.05) is 97.1 Å². The zero-order chi connectivity index (χ0) is 41.8. The molecule has 0 aromatic heterocycles. The highest BCUT2D eigenvalue weighted by atomic mass is 16.3. The van der Waals surface area contributed by atoms with E-state index in [9.17, 15) is 19.8 Å². The van der Waals surface area contributed by atoms with Gasteiger partial charge in [-0.05, 0) is 57.3 Å². The van der Waals surface area contributed by atoms with Gasteiger partial charge in [-0.15, -0.1) is 0 Å². The van der Waals surface area contributed by atoms with Gasteiger partial charge in [-0.1, -0.05) is 175 Å². The highest BCUT2D eigenvalue weighted by Gasteiger charge is 2.70. The van der Waals surface area contributed by atoms with Gasteiger partial charge in [0.25, 0.3) is 0 Å². The molecule has 4 amide bonds. The summed E-state index contributed by atoms with van der Waals surface area (Å²) in [4.78, 5) is 62.9. The number of aliphatic hydroxyl groups is 2. The highest BCUT2D eigenvalue weighted by molar-refractivity contribution is 6.09. The molecule has 0 saturated carbocycles. The van der Waals surface area contributed by atoms with Crippen molar-refractivity contribution in [2.45, 2.75) is 114 Å². The van der Waals surface area contributed by atoms with E-state index < -0.39 is 46.7 Å². The van der Waals surface area contributed by atoms with E-state index in [4.69, 9.17) is 0 Å². The second kappa shape index (κ2) is 16.2. The van der Waals surface area contributed by atoms with Gasteiger partial charge in [-0.25, -0.2) is 0 Å². The first-order valence-corrected chi connectivity index (χ1v) is 22.7. The molecule has 0 bridgehead atoms. The minimum atomic E-state index is -1.90. The van der Waals surface area contributed by atoms with E-state index in [2.05, 4.69) is 13.8 Å². The van der Waals surface area contributed by atoms with Gasteiger partial charge in [0.2, 0.25) is 23.6 Å². The minimum Gasteiger partial charge on any atom is -0.380 e.